The normalized spacial score (nSPS) is 29.2. The number of pyridine rings is 1. The Morgan fingerprint density at radius 1 is 1.19 bits per heavy atom. The Morgan fingerprint density at radius 3 is 2.49 bits per heavy atom. The lowest BCUT2D eigenvalue weighted by atomic mass is 9.95. The minimum absolute atomic E-state index is 0.00779. The molecule has 3 heterocycles. The van der Waals surface area contributed by atoms with Crippen LogP contribution in [0.25, 0.3) is 10.8 Å². The number of ether oxygens (including phenoxy) is 3. The summed E-state index contributed by atoms with van der Waals surface area (Å²) in [7, 11) is -2.78. The van der Waals surface area contributed by atoms with Crippen molar-refractivity contribution in [3.05, 3.63) is 42.4 Å². The fourth-order valence-corrected chi connectivity index (χ4v) is 9.13. The third kappa shape index (κ3) is 8.25. The number of aromatic nitrogens is 1. The number of alkyl halides is 3. The minimum Gasteiger partial charge on any atom is -0.494 e. The molecule has 3 fully saturated rings. The Balaban J connectivity index is 1.45. The van der Waals surface area contributed by atoms with E-state index in [9.17, 15) is 45.5 Å². The van der Waals surface area contributed by atoms with Crippen LogP contribution in [0.5, 0.6) is 11.6 Å². The number of hydrogen-bond donors (Lipinski definition) is 3. The second kappa shape index (κ2) is 15.7. The van der Waals surface area contributed by atoms with E-state index in [2.05, 4.69) is 15.0 Å². The summed E-state index contributed by atoms with van der Waals surface area (Å²) < 4.78 is 104. The second-order valence-electron chi connectivity index (χ2n) is 16.5. The van der Waals surface area contributed by atoms with Crippen LogP contribution >= 0.6 is 0 Å². The molecule has 2 aliphatic heterocycles. The summed E-state index contributed by atoms with van der Waals surface area (Å²) in [6.07, 6.45) is -5.14. The molecular weight excluding hydrogens is 807 g/mol. The van der Waals surface area contributed by atoms with E-state index in [0.29, 0.717) is 38.5 Å². The van der Waals surface area contributed by atoms with E-state index in [1.807, 2.05) is 0 Å². The largest absolute Gasteiger partial charge is 0.494 e. The van der Waals surface area contributed by atoms with Crippen LogP contribution in [0, 0.1) is 11.7 Å². The van der Waals surface area contributed by atoms with Gasteiger partial charge in [-0.15, -0.1) is 0 Å². The molecule has 0 radical (unpaired) electrons. The molecule has 0 unspecified atom stereocenters. The Hall–Kier alpha value is -4.72. The molecule has 20 heteroatoms. The quantitative estimate of drug-likeness (QED) is 0.231. The van der Waals surface area contributed by atoms with Gasteiger partial charge in [0.2, 0.25) is 27.7 Å². The molecule has 4 amide bonds. The number of nitrogens with one attached hydrogen (secondary N) is 2. The van der Waals surface area contributed by atoms with Crippen molar-refractivity contribution in [3.63, 3.8) is 0 Å². The molecule has 1 aromatic carbocycles. The summed E-state index contributed by atoms with van der Waals surface area (Å²) in [5.41, 5.74) is -4.94. The van der Waals surface area contributed by atoms with Crippen LogP contribution in [0.3, 0.4) is 0 Å². The molecule has 59 heavy (non-hydrogen) atoms. The van der Waals surface area contributed by atoms with Gasteiger partial charge in [0.25, 0.3) is 5.91 Å². The predicted octanol–water partition coefficient (Wildman–Crippen LogP) is 4.83. The molecule has 1 aromatic heterocycles. The first-order valence-corrected chi connectivity index (χ1v) is 20.9. The average molecular weight is 856 g/mol. The van der Waals surface area contributed by atoms with Gasteiger partial charge in [-0.1, -0.05) is 19.1 Å². The molecule has 4 aliphatic rings. The average Bonchev–Trinajstić information content (AvgIpc) is 4.03. The Bertz CT molecular complexity index is 2150. The Kier molecular flexibility index (Phi) is 11.7. The molecule has 0 bridgehead atoms. The maximum atomic E-state index is 15.0. The van der Waals surface area contributed by atoms with Crippen LogP contribution in [0.2, 0.25) is 0 Å². The van der Waals surface area contributed by atoms with Crippen molar-refractivity contribution < 1.29 is 64.5 Å². The highest BCUT2D eigenvalue weighted by atomic mass is 32.2. The molecule has 2 aromatic rings. The highest BCUT2D eigenvalue weighted by Gasteiger charge is 2.64. The van der Waals surface area contributed by atoms with E-state index < -0.39 is 105 Å². The second-order valence-corrected chi connectivity index (χ2v) is 18.7. The molecule has 6 rings (SSSR count). The number of methoxy groups -OCH3 is 1. The van der Waals surface area contributed by atoms with Gasteiger partial charge in [-0.3, -0.25) is 24.0 Å². The third-order valence-electron chi connectivity index (χ3n) is 12.0. The SMILES string of the molecule is CC[C@@H]1O[C@H](C)CC/C=C\[C@@H]2C[C@@]2(C(=O)NS(=O)(=O)C2(C)CC2)NC(=O)[C@@H]2C[C@@H](Oc3ncc(OC)c4ccc(F)cc34)CN2C(=O)[C@H]1N(C(=O)O)C(C)(C)C(F)(F)F. The van der Waals surface area contributed by atoms with Crippen LogP contribution in [0.4, 0.5) is 22.4 Å². The molecule has 15 nitrogen and oxygen atoms in total. The van der Waals surface area contributed by atoms with Crippen molar-refractivity contribution in [1.82, 2.24) is 24.8 Å². The molecule has 7 atom stereocenters. The van der Waals surface area contributed by atoms with E-state index in [1.165, 1.54) is 39.3 Å². The zero-order valence-electron chi connectivity index (χ0n) is 33.5. The number of carboxylic acid groups (broad SMARTS) is 1. The van der Waals surface area contributed by atoms with E-state index >= 15 is 4.79 Å². The minimum atomic E-state index is -5.18. The summed E-state index contributed by atoms with van der Waals surface area (Å²) in [4.78, 5) is 61.7. The third-order valence-corrected chi connectivity index (χ3v) is 14.2. The molecule has 324 valence electrons. The van der Waals surface area contributed by atoms with Gasteiger partial charge in [0.05, 0.1) is 42.2 Å². The van der Waals surface area contributed by atoms with E-state index in [4.69, 9.17) is 14.2 Å². The lowest BCUT2D eigenvalue weighted by Crippen LogP contribution is -2.68. The van der Waals surface area contributed by atoms with Crippen molar-refractivity contribution in [1.29, 1.82) is 0 Å². The van der Waals surface area contributed by atoms with Gasteiger partial charge >= 0.3 is 12.3 Å². The zero-order chi connectivity index (χ0) is 43.5. The maximum absolute atomic E-state index is 15.0. The Morgan fingerprint density at radius 2 is 1.88 bits per heavy atom. The van der Waals surface area contributed by atoms with Crippen molar-refractivity contribution in [2.45, 2.75) is 132 Å². The van der Waals surface area contributed by atoms with Gasteiger partial charge in [-0.2, -0.15) is 13.2 Å². The summed E-state index contributed by atoms with van der Waals surface area (Å²) in [6, 6.07) is -0.00210. The topological polar surface area (TPSA) is 194 Å². The van der Waals surface area contributed by atoms with Gasteiger partial charge in [-0.25, -0.2) is 22.6 Å². The number of hydrogen-bond acceptors (Lipinski definition) is 10. The highest BCUT2D eigenvalue weighted by molar-refractivity contribution is 7.91. The van der Waals surface area contributed by atoms with Crippen LogP contribution in [0.1, 0.15) is 79.6 Å². The molecule has 3 N–H and O–H groups in total. The first kappa shape index (κ1) is 43.8. The number of benzene rings is 1. The number of allylic oxidation sites excluding steroid dienone is 1. The van der Waals surface area contributed by atoms with Crippen molar-refractivity contribution >= 4 is 44.6 Å². The van der Waals surface area contributed by atoms with Crippen LogP contribution in [-0.2, 0) is 29.1 Å². The lowest BCUT2D eigenvalue weighted by Gasteiger charge is -2.45. The van der Waals surface area contributed by atoms with E-state index in [1.54, 1.807) is 19.1 Å². The fourth-order valence-electron chi connectivity index (χ4n) is 7.82. The van der Waals surface area contributed by atoms with Crippen molar-refractivity contribution in [2.24, 2.45) is 5.92 Å². The van der Waals surface area contributed by atoms with E-state index in [-0.39, 0.29) is 47.6 Å². The van der Waals surface area contributed by atoms with Crippen molar-refractivity contribution in [3.8, 4) is 11.6 Å². The maximum Gasteiger partial charge on any atom is 0.411 e. The predicted molar refractivity (Wildman–Crippen MR) is 203 cm³/mol. The number of sulfonamides is 1. The van der Waals surface area contributed by atoms with Gasteiger partial charge in [0.1, 0.15) is 40.8 Å². The molecule has 2 aliphatic carbocycles. The number of amides is 4. The number of nitrogens with zero attached hydrogens (tertiary/aromatic N) is 3. The highest BCUT2D eigenvalue weighted by Crippen LogP contribution is 2.48. The number of carbonyl (C=O) groups excluding carboxylic acids is 3. The summed E-state index contributed by atoms with van der Waals surface area (Å²) in [6.45, 7) is 5.38. The molecule has 0 spiro atoms. The molecular formula is C39H49F4N5O10S. The number of fused-ring (bicyclic) bond motifs is 3. The van der Waals surface area contributed by atoms with Crippen LogP contribution in [-0.4, -0.2) is 118 Å². The summed E-state index contributed by atoms with van der Waals surface area (Å²) in [5, 5.41) is 13.7. The standard InChI is InChI=1S/C39H49F4N5O10S/c1-7-28-30(48(35(52)53)36(3,4)39(41,42)43)33(50)47-20-24(58-32-26-16-23(40)12-13-25(26)29(56-6)19-44-32)17-27(47)31(49)45-38(18-22(38)11-9-8-10-21(2)57-28)34(51)46-59(54,55)37(5)14-15-37/h9,11-13,16,19,21-22,24,27-28,30H,7-8,10,14-15,17-18,20H2,1-6H3,(H,45,49)(H,46,51)(H,52,53)/b11-9-/t21-,22-,24-,27+,28+,30+,38-/m1/s1. The lowest BCUT2D eigenvalue weighted by molar-refractivity contribution is -0.226. The first-order valence-electron chi connectivity index (χ1n) is 19.4. The van der Waals surface area contributed by atoms with Crippen molar-refractivity contribution in [2.75, 3.05) is 13.7 Å². The van der Waals surface area contributed by atoms with E-state index in [0.717, 1.165) is 11.0 Å². The zero-order valence-corrected chi connectivity index (χ0v) is 34.3. The van der Waals surface area contributed by atoms with Crippen LogP contribution < -0.4 is 19.5 Å². The first-order chi connectivity index (χ1) is 27.5. The smallest absolute Gasteiger partial charge is 0.411 e. The molecule has 2 saturated carbocycles. The number of rotatable bonds is 9. The van der Waals surface area contributed by atoms with Gasteiger partial charge in [-0.05, 0) is 84.4 Å². The summed E-state index contributed by atoms with van der Waals surface area (Å²) in [5.74, 6) is -4.36. The van der Waals surface area contributed by atoms with Crippen LogP contribution in [0.15, 0.2) is 36.5 Å². The van der Waals surface area contributed by atoms with Gasteiger partial charge in [0, 0.05) is 17.7 Å². The fraction of sp³-hybridized carbons (Fsp3) is 0.615. The Labute approximate surface area is 338 Å². The van der Waals surface area contributed by atoms with Gasteiger partial charge < -0.3 is 29.5 Å². The number of carbonyl (C=O) groups is 4. The number of halogens is 4. The summed E-state index contributed by atoms with van der Waals surface area (Å²) >= 11 is 0. The van der Waals surface area contributed by atoms with Gasteiger partial charge in [0.15, 0.2) is 0 Å². The monoisotopic (exact) mass is 855 g/mol. The molecule has 1 saturated heterocycles.